The standard InChI is InChI=1S/C21H21N3O2S/c1-3-8-13(2)20-23-24-21(27-20)22-19(25)18-14-9-4-6-11-16(14)26-17-12-7-5-10-15(17)18/h4-7,9-13,18H,3,8H2,1-2H3,(H,22,24,25)/t13-/m0/s1. The van der Waals surface area contributed by atoms with E-state index in [1.54, 1.807) is 0 Å². The van der Waals surface area contributed by atoms with Crippen LogP contribution in [0.4, 0.5) is 5.13 Å². The molecule has 2 heterocycles. The molecular weight excluding hydrogens is 358 g/mol. The highest BCUT2D eigenvalue weighted by atomic mass is 32.1. The van der Waals surface area contributed by atoms with Crippen molar-refractivity contribution < 1.29 is 9.53 Å². The SMILES string of the molecule is CCC[C@H](C)c1nnc(NC(=O)C2c3ccccc3Oc3ccccc32)s1. The van der Waals surface area contributed by atoms with Crippen molar-refractivity contribution in [2.75, 3.05) is 5.32 Å². The minimum Gasteiger partial charge on any atom is -0.457 e. The first-order valence-electron chi connectivity index (χ1n) is 9.17. The second kappa shape index (κ2) is 7.48. The summed E-state index contributed by atoms with van der Waals surface area (Å²) < 4.78 is 5.97. The van der Waals surface area contributed by atoms with Gasteiger partial charge in [0.1, 0.15) is 16.5 Å². The maximum absolute atomic E-state index is 13.2. The van der Waals surface area contributed by atoms with E-state index in [4.69, 9.17) is 4.74 Å². The number of anilines is 1. The zero-order valence-corrected chi connectivity index (χ0v) is 16.1. The highest BCUT2D eigenvalue weighted by Crippen LogP contribution is 2.44. The van der Waals surface area contributed by atoms with Crippen LogP contribution in [0.3, 0.4) is 0 Å². The van der Waals surface area contributed by atoms with Crippen LogP contribution in [0.5, 0.6) is 11.5 Å². The smallest absolute Gasteiger partial charge is 0.238 e. The molecule has 0 saturated heterocycles. The number of hydrogen-bond donors (Lipinski definition) is 1. The topological polar surface area (TPSA) is 64.1 Å². The van der Waals surface area contributed by atoms with E-state index in [2.05, 4.69) is 29.4 Å². The summed E-state index contributed by atoms with van der Waals surface area (Å²) in [5.41, 5.74) is 1.72. The van der Waals surface area contributed by atoms with Crippen molar-refractivity contribution in [3.8, 4) is 11.5 Å². The van der Waals surface area contributed by atoms with Gasteiger partial charge in [-0.05, 0) is 18.6 Å². The molecule has 3 aromatic rings. The number of amides is 1. The van der Waals surface area contributed by atoms with E-state index in [0.29, 0.717) is 22.5 Å². The van der Waals surface area contributed by atoms with Crippen LogP contribution >= 0.6 is 11.3 Å². The van der Waals surface area contributed by atoms with Crippen molar-refractivity contribution in [3.05, 3.63) is 64.7 Å². The molecule has 0 radical (unpaired) electrons. The first-order valence-corrected chi connectivity index (χ1v) is 9.99. The van der Waals surface area contributed by atoms with Crippen LogP contribution in [-0.4, -0.2) is 16.1 Å². The molecular formula is C21H21N3O2S. The number of carbonyl (C=O) groups excluding carboxylic acids is 1. The van der Waals surface area contributed by atoms with Crippen LogP contribution in [0.2, 0.25) is 0 Å². The largest absolute Gasteiger partial charge is 0.457 e. The predicted molar refractivity (Wildman–Crippen MR) is 107 cm³/mol. The first-order chi connectivity index (χ1) is 13.2. The normalized spacial score (nSPS) is 14.0. The van der Waals surface area contributed by atoms with Crippen LogP contribution in [0.15, 0.2) is 48.5 Å². The Morgan fingerprint density at radius 3 is 2.37 bits per heavy atom. The number of aromatic nitrogens is 2. The molecule has 1 N–H and O–H groups in total. The monoisotopic (exact) mass is 379 g/mol. The van der Waals surface area contributed by atoms with Gasteiger partial charge in [0.25, 0.3) is 0 Å². The van der Waals surface area contributed by atoms with Crippen molar-refractivity contribution in [2.45, 2.75) is 38.5 Å². The summed E-state index contributed by atoms with van der Waals surface area (Å²) in [6, 6.07) is 15.3. The highest BCUT2D eigenvalue weighted by molar-refractivity contribution is 7.15. The first kappa shape index (κ1) is 17.7. The van der Waals surface area contributed by atoms with Gasteiger partial charge < -0.3 is 4.74 Å². The van der Waals surface area contributed by atoms with Gasteiger partial charge in [-0.3, -0.25) is 10.1 Å². The van der Waals surface area contributed by atoms with E-state index in [-0.39, 0.29) is 5.91 Å². The van der Waals surface area contributed by atoms with Gasteiger partial charge in [-0.1, -0.05) is 68.0 Å². The molecule has 1 atom stereocenters. The second-order valence-corrected chi connectivity index (χ2v) is 7.74. The maximum Gasteiger partial charge on any atom is 0.238 e. The molecule has 5 nitrogen and oxygen atoms in total. The fraction of sp³-hybridized carbons (Fsp3) is 0.286. The third kappa shape index (κ3) is 3.45. The fourth-order valence-electron chi connectivity index (χ4n) is 3.41. The molecule has 138 valence electrons. The van der Waals surface area contributed by atoms with Gasteiger partial charge in [0, 0.05) is 17.0 Å². The third-order valence-electron chi connectivity index (χ3n) is 4.76. The zero-order chi connectivity index (χ0) is 18.8. The Bertz CT molecular complexity index is 924. The molecule has 1 aromatic heterocycles. The summed E-state index contributed by atoms with van der Waals surface area (Å²) in [4.78, 5) is 13.2. The summed E-state index contributed by atoms with van der Waals surface area (Å²) in [6.45, 7) is 4.29. The molecule has 1 amide bonds. The minimum absolute atomic E-state index is 0.121. The zero-order valence-electron chi connectivity index (χ0n) is 15.3. The summed E-state index contributed by atoms with van der Waals surface area (Å²) in [6.07, 6.45) is 2.15. The molecule has 0 aliphatic carbocycles. The fourth-order valence-corrected chi connectivity index (χ4v) is 4.24. The van der Waals surface area contributed by atoms with Crippen LogP contribution in [0, 0.1) is 0 Å². The van der Waals surface area contributed by atoms with Crippen molar-refractivity contribution in [1.29, 1.82) is 0 Å². The van der Waals surface area contributed by atoms with Gasteiger partial charge in [-0.15, -0.1) is 10.2 Å². The van der Waals surface area contributed by atoms with Gasteiger partial charge in [0.15, 0.2) is 0 Å². The van der Waals surface area contributed by atoms with E-state index in [9.17, 15) is 4.79 Å². The van der Waals surface area contributed by atoms with Crippen molar-refractivity contribution in [3.63, 3.8) is 0 Å². The lowest BCUT2D eigenvalue weighted by Gasteiger charge is -2.27. The lowest BCUT2D eigenvalue weighted by molar-refractivity contribution is -0.116. The molecule has 27 heavy (non-hydrogen) atoms. The predicted octanol–water partition coefficient (Wildman–Crippen LogP) is 5.32. The average molecular weight is 379 g/mol. The van der Waals surface area contributed by atoms with Gasteiger partial charge in [0.05, 0.1) is 5.92 Å². The van der Waals surface area contributed by atoms with Crippen LogP contribution in [-0.2, 0) is 4.79 Å². The molecule has 1 aliphatic heterocycles. The van der Waals surface area contributed by atoms with E-state index in [0.717, 1.165) is 29.0 Å². The van der Waals surface area contributed by atoms with Crippen LogP contribution < -0.4 is 10.1 Å². The number of nitrogens with one attached hydrogen (secondary N) is 1. The molecule has 6 heteroatoms. The summed E-state index contributed by atoms with van der Waals surface area (Å²) in [7, 11) is 0. The summed E-state index contributed by atoms with van der Waals surface area (Å²) in [5, 5.41) is 12.9. The molecule has 1 aliphatic rings. The average Bonchev–Trinajstić information content (AvgIpc) is 3.14. The Morgan fingerprint density at radius 2 is 1.74 bits per heavy atom. The summed E-state index contributed by atoms with van der Waals surface area (Å²) in [5.74, 6) is 1.22. The Hall–Kier alpha value is -2.73. The Labute approximate surface area is 162 Å². The Kier molecular flexibility index (Phi) is 4.90. The quantitative estimate of drug-likeness (QED) is 0.652. The molecule has 2 aromatic carbocycles. The number of nitrogens with zero attached hydrogens (tertiary/aromatic N) is 2. The van der Waals surface area contributed by atoms with E-state index < -0.39 is 5.92 Å². The lowest BCUT2D eigenvalue weighted by Crippen LogP contribution is -2.25. The number of hydrogen-bond acceptors (Lipinski definition) is 5. The van der Waals surface area contributed by atoms with E-state index >= 15 is 0 Å². The molecule has 0 fully saturated rings. The van der Waals surface area contributed by atoms with Crippen LogP contribution in [0.25, 0.3) is 0 Å². The molecule has 0 unspecified atom stereocenters. The number of ether oxygens (including phenoxy) is 1. The van der Waals surface area contributed by atoms with Gasteiger partial charge in [-0.25, -0.2) is 0 Å². The Morgan fingerprint density at radius 1 is 1.11 bits per heavy atom. The van der Waals surface area contributed by atoms with Gasteiger partial charge >= 0.3 is 0 Å². The Balaban J connectivity index is 1.63. The maximum atomic E-state index is 13.2. The number of benzene rings is 2. The molecule has 0 bridgehead atoms. The molecule has 0 saturated carbocycles. The summed E-state index contributed by atoms with van der Waals surface area (Å²) >= 11 is 1.45. The lowest BCUT2D eigenvalue weighted by atomic mass is 9.87. The molecule has 0 spiro atoms. The molecule has 4 rings (SSSR count). The number of para-hydroxylation sites is 2. The van der Waals surface area contributed by atoms with E-state index in [1.165, 1.54) is 11.3 Å². The van der Waals surface area contributed by atoms with Crippen LogP contribution in [0.1, 0.15) is 54.7 Å². The number of rotatable bonds is 5. The minimum atomic E-state index is -0.438. The van der Waals surface area contributed by atoms with E-state index in [1.807, 2.05) is 48.5 Å². The number of fused-ring (bicyclic) bond motifs is 2. The van der Waals surface area contributed by atoms with Crippen molar-refractivity contribution >= 4 is 22.4 Å². The second-order valence-electron chi connectivity index (χ2n) is 6.74. The van der Waals surface area contributed by atoms with Crippen molar-refractivity contribution in [2.24, 2.45) is 0 Å². The third-order valence-corrected chi connectivity index (χ3v) is 5.83. The highest BCUT2D eigenvalue weighted by Gasteiger charge is 2.32. The van der Waals surface area contributed by atoms with Gasteiger partial charge in [-0.2, -0.15) is 0 Å². The van der Waals surface area contributed by atoms with Gasteiger partial charge in [0.2, 0.25) is 11.0 Å². The van der Waals surface area contributed by atoms with Crippen molar-refractivity contribution in [1.82, 2.24) is 10.2 Å². The number of carbonyl (C=O) groups is 1.